The molecule has 0 aliphatic carbocycles. The van der Waals surface area contributed by atoms with Gasteiger partial charge in [-0.15, -0.1) is 0 Å². The molecule has 0 aliphatic heterocycles. The fourth-order valence-electron chi connectivity index (χ4n) is 1.93. The summed E-state index contributed by atoms with van der Waals surface area (Å²) in [5.41, 5.74) is 12.1. The van der Waals surface area contributed by atoms with Crippen molar-refractivity contribution in [3.63, 3.8) is 0 Å². The van der Waals surface area contributed by atoms with Crippen molar-refractivity contribution in [2.45, 2.75) is 6.92 Å². The Morgan fingerprint density at radius 2 is 1.62 bits per heavy atom. The lowest BCUT2D eigenvalue weighted by Crippen LogP contribution is -2.25. The molecule has 0 bridgehead atoms. The van der Waals surface area contributed by atoms with E-state index in [-0.39, 0.29) is 5.11 Å². The van der Waals surface area contributed by atoms with E-state index < -0.39 is 0 Å². The second-order valence-electron chi connectivity index (χ2n) is 4.51. The van der Waals surface area contributed by atoms with Crippen LogP contribution in [-0.2, 0) is 0 Å². The summed E-state index contributed by atoms with van der Waals surface area (Å²) in [4.78, 5) is 0. The normalized spacial score (nSPS) is 12.0. The second kappa shape index (κ2) is 7.36. The van der Waals surface area contributed by atoms with Crippen molar-refractivity contribution in [1.29, 1.82) is 0 Å². The Balaban J connectivity index is 2.43. The van der Waals surface area contributed by atoms with Gasteiger partial charge >= 0.3 is 0 Å². The Morgan fingerprint density at radius 1 is 1.05 bits per heavy atom. The van der Waals surface area contributed by atoms with Crippen molar-refractivity contribution in [1.82, 2.24) is 5.43 Å². The molecule has 3 nitrogen and oxygen atoms in total. The topological polar surface area (TPSA) is 50.4 Å². The van der Waals surface area contributed by atoms with Crippen molar-refractivity contribution in [2.75, 3.05) is 0 Å². The summed E-state index contributed by atoms with van der Waals surface area (Å²) in [7, 11) is 0. The Labute approximate surface area is 130 Å². The molecule has 0 saturated carbocycles. The number of hydrogen-bond acceptors (Lipinski definition) is 2. The van der Waals surface area contributed by atoms with Crippen LogP contribution in [0.5, 0.6) is 0 Å². The molecule has 0 fully saturated rings. The highest BCUT2D eigenvalue weighted by Crippen LogP contribution is 2.19. The molecule has 0 heterocycles. The molecule has 3 N–H and O–H groups in total. The minimum absolute atomic E-state index is 0.154. The van der Waals surface area contributed by atoms with E-state index in [0.29, 0.717) is 0 Å². The molecule has 21 heavy (non-hydrogen) atoms. The monoisotopic (exact) mass is 295 g/mol. The molecule has 0 aliphatic rings. The molecule has 2 rings (SSSR count). The van der Waals surface area contributed by atoms with Crippen molar-refractivity contribution >= 4 is 34.7 Å². The van der Waals surface area contributed by atoms with Gasteiger partial charge in [0, 0.05) is 5.57 Å². The summed E-state index contributed by atoms with van der Waals surface area (Å²) in [6.45, 7) is 1.92. The maximum atomic E-state index is 5.43. The zero-order valence-corrected chi connectivity index (χ0v) is 12.6. The first-order valence-corrected chi connectivity index (χ1v) is 7.00. The molecule has 106 valence electrons. The van der Waals surface area contributed by atoms with Gasteiger partial charge in [0.2, 0.25) is 0 Å². The fraction of sp³-hybridized carbons (Fsp3) is 0.0588. The molecule has 0 radical (unpaired) electrons. The van der Waals surface area contributed by atoms with E-state index in [0.717, 1.165) is 22.4 Å². The van der Waals surface area contributed by atoms with Gasteiger partial charge in [0.25, 0.3) is 0 Å². The first-order chi connectivity index (χ1) is 10.2. The fourth-order valence-corrected chi connectivity index (χ4v) is 1.98. The number of hydrogen-bond donors (Lipinski definition) is 2. The smallest absolute Gasteiger partial charge is 0.184 e. The summed E-state index contributed by atoms with van der Waals surface area (Å²) in [5.74, 6) is 0. The number of rotatable bonds is 4. The van der Waals surface area contributed by atoms with Gasteiger partial charge in [0.05, 0.1) is 5.71 Å². The summed E-state index contributed by atoms with van der Waals surface area (Å²) in [5, 5.41) is 4.38. The van der Waals surface area contributed by atoms with E-state index in [1.807, 2.05) is 43.3 Å². The third-order valence-corrected chi connectivity index (χ3v) is 3.01. The number of nitrogens with zero attached hydrogens (tertiary/aromatic N) is 1. The predicted molar refractivity (Wildman–Crippen MR) is 93.8 cm³/mol. The minimum atomic E-state index is 0.154. The van der Waals surface area contributed by atoms with Crippen LogP contribution in [0.2, 0.25) is 0 Å². The maximum absolute atomic E-state index is 5.43. The van der Waals surface area contributed by atoms with Crippen LogP contribution < -0.4 is 11.2 Å². The summed E-state index contributed by atoms with van der Waals surface area (Å²) in [6.07, 6.45) is 2.09. The van der Waals surface area contributed by atoms with Gasteiger partial charge in [-0.3, -0.25) is 5.43 Å². The lowest BCUT2D eigenvalue weighted by atomic mass is 9.99. The third-order valence-electron chi connectivity index (χ3n) is 2.92. The lowest BCUT2D eigenvalue weighted by Gasteiger charge is -2.08. The van der Waals surface area contributed by atoms with Gasteiger partial charge in [-0.1, -0.05) is 60.7 Å². The van der Waals surface area contributed by atoms with Gasteiger partial charge in [-0.2, -0.15) is 5.10 Å². The van der Waals surface area contributed by atoms with E-state index >= 15 is 0 Å². The molecule has 0 saturated heterocycles. The summed E-state index contributed by atoms with van der Waals surface area (Å²) in [6, 6.07) is 20.2. The average molecular weight is 295 g/mol. The minimum Gasteiger partial charge on any atom is -0.375 e. The summed E-state index contributed by atoms with van der Waals surface area (Å²) >= 11 is 4.79. The highest BCUT2D eigenvalue weighted by Gasteiger charge is 2.05. The van der Waals surface area contributed by atoms with Crippen LogP contribution in [0.15, 0.2) is 65.8 Å². The van der Waals surface area contributed by atoms with Gasteiger partial charge in [-0.25, -0.2) is 0 Å². The lowest BCUT2D eigenvalue weighted by molar-refractivity contribution is 1.03. The third kappa shape index (κ3) is 4.54. The van der Waals surface area contributed by atoms with E-state index in [2.05, 4.69) is 40.9 Å². The Kier molecular flexibility index (Phi) is 5.23. The molecular weight excluding hydrogens is 278 g/mol. The highest BCUT2D eigenvalue weighted by atomic mass is 32.1. The van der Waals surface area contributed by atoms with E-state index in [1.165, 1.54) is 0 Å². The highest BCUT2D eigenvalue weighted by molar-refractivity contribution is 7.80. The predicted octanol–water partition coefficient (Wildman–Crippen LogP) is 3.44. The number of hydrazone groups is 1. The standard InChI is InChI=1S/C17H17N3S/c1-13(19-20-17(18)21)16(15-10-6-3-7-11-15)12-14-8-4-2-5-9-14/h2-12H,1H3,(H3,18,20,21)/b16-12+,19-13-. The Hall–Kier alpha value is -2.46. The van der Waals surface area contributed by atoms with Crippen molar-refractivity contribution in [3.05, 3.63) is 71.8 Å². The van der Waals surface area contributed by atoms with Crippen LogP contribution in [0.4, 0.5) is 0 Å². The molecular formula is C17H17N3S. The molecule has 0 atom stereocenters. The van der Waals surface area contributed by atoms with Gasteiger partial charge in [0.1, 0.15) is 0 Å². The SMILES string of the molecule is CC(=N/NC(N)=S)/C(=C\c1ccccc1)c1ccccc1. The summed E-state index contributed by atoms with van der Waals surface area (Å²) < 4.78 is 0. The van der Waals surface area contributed by atoms with Crippen LogP contribution >= 0.6 is 12.2 Å². The number of allylic oxidation sites excluding steroid dienone is 1. The molecule has 0 spiro atoms. The van der Waals surface area contributed by atoms with E-state index in [1.54, 1.807) is 0 Å². The van der Waals surface area contributed by atoms with Crippen molar-refractivity contribution < 1.29 is 0 Å². The van der Waals surface area contributed by atoms with Crippen LogP contribution in [-0.4, -0.2) is 10.8 Å². The van der Waals surface area contributed by atoms with Crippen LogP contribution in [0.1, 0.15) is 18.1 Å². The zero-order chi connectivity index (χ0) is 15.1. The first-order valence-electron chi connectivity index (χ1n) is 6.59. The van der Waals surface area contributed by atoms with E-state index in [9.17, 15) is 0 Å². The van der Waals surface area contributed by atoms with Gasteiger partial charge in [0.15, 0.2) is 5.11 Å². The molecule has 2 aromatic rings. The number of benzene rings is 2. The Morgan fingerprint density at radius 3 is 2.19 bits per heavy atom. The molecule has 0 unspecified atom stereocenters. The Bertz CT molecular complexity index is 661. The molecule has 0 aromatic heterocycles. The van der Waals surface area contributed by atoms with Crippen LogP contribution in [0.25, 0.3) is 11.6 Å². The molecule has 2 aromatic carbocycles. The van der Waals surface area contributed by atoms with Crippen LogP contribution in [0, 0.1) is 0 Å². The zero-order valence-electron chi connectivity index (χ0n) is 11.8. The van der Waals surface area contributed by atoms with Crippen molar-refractivity contribution in [3.8, 4) is 0 Å². The quantitative estimate of drug-likeness (QED) is 0.393. The van der Waals surface area contributed by atoms with E-state index in [4.69, 9.17) is 18.0 Å². The van der Waals surface area contributed by atoms with Crippen LogP contribution in [0.3, 0.4) is 0 Å². The number of nitrogens with two attached hydrogens (primary N) is 1. The van der Waals surface area contributed by atoms with Crippen molar-refractivity contribution in [2.24, 2.45) is 10.8 Å². The maximum Gasteiger partial charge on any atom is 0.184 e. The van der Waals surface area contributed by atoms with Gasteiger partial charge < -0.3 is 5.73 Å². The number of thiocarbonyl (C=S) groups is 1. The second-order valence-corrected chi connectivity index (χ2v) is 4.95. The largest absolute Gasteiger partial charge is 0.375 e. The first kappa shape index (κ1) is 14.9. The number of nitrogens with one attached hydrogen (secondary N) is 1. The molecule has 0 amide bonds. The molecule has 4 heteroatoms. The average Bonchev–Trinajstić information content (AvgIpc) is 2.52. The van der Waals surface area contributed by atoms with Gasteiger partial charge in [-0.05, 0) is 36.3 Å².